The number of benzene rings is 1. The first-order chi connectivity index (χ1) is 9.46. The predicted molar refractivity (Wildman–Crippen MR) is 73.1 cm³/mol. The first-order valence-corrected chi connectivity index (χ1v) is 7.59. The highest BCUT2D eigenvalue weighted by Gasteiger charge is 2.27. The Morgan fingerprint density at radius 3 is 2.55 bits per heavy atom. The van der Waals surface area contributed by atoms with E-state index < -0.39 is 15.9 Å². The second-order valence-corrected chi connectivity index (χ2v) is 6.32. The molecule has 1 aromatic rings. The monoisotopic (exact) mass is 299 g/mol. The summed E-state index contributed by atoms with van der Waals surface area (Å²) in [6, 6.07) is 4.12. The van der Waals surface area contributed by atoms with E-state index >= 15 is 0 Å². The molecule has 1 amide bonds. The zero-order valence-corrected chi connectivity index (χ0v) is 11.9. The van der Waals surface area contributed by atoms with Crippen molar-refractivity contribution in [3.8, 4) is 5.75 Å². The van der Waals surface area contributed by atoms with Gasteiger partial charge < -0.3 is 15.8 Å². The number of methoxy groups -OCH3 is 1. The smallest absolute Gasteiger partial charge is 0.252 e. The number of amides is 1. The molecule has 0 radical (unpaired) electrons. The van der Waals surface area contributed by atoms with Gasteiger partial charge in [-0.2, -0.15) is 4.31 Å². The van der Waals surface area contributed by atoms with Crippen LogP contribution in [-0.4, -0.2) is 51.9 Å². The Bertz CT molecular complexity index is 609. The van der Waals surface area contributed by atoms with Crippen LogP contribution in [0.25, 0.3) is 0 Å². The number of primary amides is 1. The standard InChI is InChI=1S/C12H17N3O4S/c1-19-11-3-2-9(8-10(11)12(13)16)20(17,18)15-6-4-14-5-7-15/h2-3,8,14H,4-7H2,1H3,(H2,13,16). The molecule has 0 aliphatic carbocycles. The van der Waals surface area contributed by atoms with Crippen molar-refractivity contribution in [3.63, 3.8) is 0 Å². The van der Waals surface area contributed by atoms with E-state index in [9.17, 15) is 13.2 Å². The number of nitrogens with two attached hydrogens (primary N) is 1. The van der Waals surface area contributed by atoms with Crippen LogP contribution < -0.4 is 15.8 Å². The molecule has 1 aliphatic heterocycles. The summed E-state index contributed by atoms with van der Waals surface area (Å²) in [4.78, 5) is 11.4. The zero-order chi connectivity index (χ0) is 14.8. The van der Waals surface area contributed by atoms with Gasteiger partial charge in [-0.25, -0.2) is 8.42 Å². The number of hydrogen-bond donors (Lipinski definition) is 2. The van der Waals surface area contributed by atoms with Crippen LogP contribution in [0.15, 0.2) is 23.1 Å². The molecule has 0 saturated carbocycles. The third kappa shape index (κ3) is 2.77. The lowest BCUT2D eigenvalue weighted by Gasteiger charge is -2.26. The topological polar surface area (TPSA) is 102 Å². The molecule has 1 fully saturated rings. The molecule has 1 heterocycles. The zero-order valence-electron chi connectivity index (χ0n) is 11.1. The average molecular weight is 299 g/mol. The van der Waals surface area contributed by atoms with E-state index in [4.69, 9.17) is 10.5 Å². The number of hydrogen-bond acceptors (Lipinski definition) is 5. The van der Waals surface area contributed by atoms with Crippen molar-refractivity contribution in [1.82, 2.24) is 9.62 Å². The van der Waals surface area contributed by atoms with Crippen LogP contribution in [0.3, 0.4) is 0 Å². The second-order valence-electron chi connectivity index (χ2n) is 4.38. The predicted octanol–water partition coefficient (Wildman–Crippen LogP) is -0.612. The molecular weight excluding hydrogens is 282 g/mol. The number of nitrogens with one attached hydrogen (secondary N) is 1. The number of piperazine rings is 1. The summed E-state index contributed by atoms with van der Waals surface area (Å²) in [5.74, 6) is -0.462. The SMILES string of the molecule is COc1ccc(S(=O)(=O)N2CCNCC2)cc1C(N)=O. The van der Waals surface area contributed by atoms with E-state index in [-0.39, 0.29) is 16.2 Å². The lowest BCUT2D eigenvalue weighted by Crippen LogP contribution is -2.46. The lowest BCUT2D eigenvalue weighted by molar-refractivity contribution is 0.0997. The van der Waals surface area contributed by atoms with Crippen LogP contribution in [0.5, 0.6) is 5.75 Å². The summed E-state index contributed by atoms with van der Waals surface area (Å²) in [5.41, 5.74) is 5.30. The normalized spacial score (nSPS) is 16.9. The molecular formula is C12H17N3O4S. The van der Waals surface area contributed by atoms with E-state index in [0.717, 1.165) is 0 Å². The summed E-state index contributed by atoms with van der Waals surface area (Å²) in [6.45, 7) is 2.02. The Balaban J connectivity index is 2.41. The Labute approximate surface area is 117 Å². The average Bonchev–Trinajstić information content (AvgIpc) is 2.47. The molecule has 1 aromatic carbocycles. The summed E-state index contributed by atoms with van der Waals surface area (Å²) in [7, 11) is -2.22. The first-order valence-electron chi connectivity index (χ1n) is 6.15. The van der Waals surface area contributed by atoms with Crippen molar-refractivity contribution in [3.05, 3.63) is 23.8 Å². The van der Waals surface area contributed by atoms with Gasteiger partial charge in [0.1, 0.15) is 5.75 Å². The van der Waals surface area contributed by atoms with Crippen molar-refractivity contribution >= 4 is 15.9 Å². The van der Waals surface area contributed by atoms with Gasteiger partial charge in [0.15, 0.2) is 0 Å². The Morgan fingerprint density at radius 1 is 1.35 bits per heavy atom. The molecule has 2 rings (SSSR count). The summed E-state index contributed by atoms with van der Waals surface area (Å²) >= 11 is 0. The summed E-state index contributed by atoms with van der Waals surface area (Å²) in [6.07, 6.45) is 0. The van der Waals surface area contributed by atoms with Gasteiger partial charge in [-0.3, -0.25) is 4.79 Å². The van der Waals surface area contributed by atoms with E-state index in [0.29, 0.717) is 26.2 Å². The highest BCUT2D eigenvalue weighted by Crippen LogP contribution is 2.24. The van der Waals surface area contributed by atoms with Gasteiger partial charge in [-0.15, -0.1) is 0 Å². The fourth-order valence-electron chi connectivity index (χ4n) is 2.07. The van der Waals surface area contributed by atoms with Gasteiger partial charge >= 0.3 is 0 Å². The van der Waals surface area contributed by atoms with Gasteiger partial charge in [0, 0.05) is 26.2 Å². The molecule has 0 spiro atoms. The van der Waals surface area contributed by atoms with Crippen molar-refractivity contribution < 1.29 is 17.9 Å². The molecule has 110 valence electrons. The van der Waals surface area contributed by atoms with Crippen molar-refractivity contribution in [2.75, 3.05) is 33.3 Å². The van der Waals surface area contributed by atoms with Crippen LogP contribution >= 0.6 is 0 Å². The molecule has 1 aliphatic rings. The quantitative estimate of drug-likeness (QED) is 0.772. The summed E-state index contributed by atoms with van der Waals surface area (Å²) in [5, 5.41) is 3.09. The van der Waals surface area contributed by atoms with Gasteiger partial charge in [0.25, 0.3) is 5.91 Å². The largest absolute Gasteiger partial charge is 0.496 e. The molecule has 20 heavy (non-hydrogen) atoms. The number of carbonyl (C=O) groups is 1. The van der Waals surface area contributed by atoms with Gasteiger partial charge in [0.05, 0.1) is 17.6 Å². The highest BCUT2D eigenvalue weighted by atomic mass is 32.2. The minimum Gasteiger partial charge on any atom is -0.496 e. The van der Waals surface area contributed by atoms with Crippen molar-refractivity contribution in [2.24, 2.45) is 5.73 Å². The van der Waals surface area contributed by atoms with E-state index in [1.807, 2.05) is 0 Å². The molecule has 1 saturated heterocycles. The van der Waals surface area contributed by atoms with Crippen molar-refractivity contribution in [2.45, 2.75) is 4.90 Å². The third-order valence-electron chi connectivity index (χ3n) is 3.15. The first kappa shape index (κ1) is 14.8. The Morgan fingerprint density at radius 2 is 2.00 bits per heavy atom. The van der Waals surface area contributed by atoms with Crippen LogP contribution in [0, 0.1) is 0 Å². The van der Waals surface area contributed by atoms with Crippen molar-refractivity contribution in [1.29, 1.82) is 0 Å². The maximum atomic E-state index is 12.5. The highest BCUT2D eigenvalue weighted by molar-refractivity contribution is 7.89. The van der Waals surface area contributed by atoms with Gasteiger partial charge in [-0.05, 0) is 18.2 Å². The molecule has 0 aromatic heterocycles. The minimum atomic E-state index is -3.61. The van der Waals surface area contributed by atoms with Crippen LogP contribution in [0.4, 0.5) is 0 Å². The molecule has 3 N–H and O–H groups in total. The number of carbonyl (C=O) groups excluding carboxylic acids is 1. The number of ether oxygens (including phenoxy) is 1. The summed E-state index contributed by atoms with van der Waals surface area (Å²) < 4.78 is 31.3. The molecule has 0 bridgehead atoms. The van der Waals surface area contributed by atoms with Gasteiger partial charge in [-0.1, -0.05) is 0 Å². The van der Waals surface area contributed by atoms with E-state index in [2.05, 4.69) is 5.32 Å². The Hall–Kier alpha value is -1.64. The van der Waals surface area contributed by atoms with Gasteiger partial charge in [0.2, 0.25) is 10.0 Å². The maximum absolute atomic E-state index is 12.5. The lowest BCUT2D eigenvalue weighted by atomic mass is 10.2. The molecule has 0 unspecified atom stereocenters. The number of rotatable bonds is 4. The second kappa shape index (κ2) is 5.78. The Kier molecular flexibility index (Phi) is 4.26. The van der Waals surface area contributed by atoms with E-state index in [1.54, 1.807) is 0 Å². The fourth-order valence-corrected chi connectivity index (χ4v) is 3.54. The molecule has 0 atom stereocenters. The number of sulfonamides is 1. The van der Waals surface area contributed by atoms with Crippen LogP contribution in [0.1, 0.15) is 10.4 Å². The van der Waals surface area contributed by atoms with Crippen LogP contribution in [-0.2, 0) is 10.0 Å². The number of nitrogens with zero attached hydrogens (tertiary/aromatic N) is 1. The van der Waals surface area contributed by atoms with Crippen LogP contribution in [0.2, 0.25) is 0 Å². The van der Waals surface area contributed by atoms with E-state index in [1.165, 1.54) is 29.6 Å². The fraction of sp³-hybridized carbons (Fsp3) is 0.417. The maximum Gasteiger partial charge on any atom is 0.252 e. The molecule has 8 heteroatoms. The minimum absolute atomic E-state index is 0.0500. The molecule has 7 nitrogen and oxygen atoms in total. The third-order valence-corrected chi connectivity index (χ3v) is 5.04.